The molecule has 0 aliphatic heterocycles. The number of benzene rings is 2. The summed E-state index contributed by atoms with van der Waals surface area (Å²) >= 11 is 0. The minimum atomic E-state index is -4.55. The largest absolute Gasteiger partial charge is 0.477 e. The van der Waals surface area contributed by atoms with E-state index < -0.39 is 35.2 Å². The van der Waals surface area contributed by atoms with Crippen LogP contribution in [-0.4, -0.2) is 33.1 Å². The summed E-state index contributed by atoms with van der Waals surface area (Å²) in [5, 5.41) is 5.81. The summed E-state index contributed by atoms with van der Waals surface area (Å²) in [5.74, 6) is -0.790. The molecule has 2 heterocycles. The molecule has 49 heavy (non-hydrogen) atoms. The zero-order valence-electron chi connectivity index (χ0n) is 28.0. The molecule has 0 atom stereocenters. The Hall–Kier alpha value is -4.62. The Kier molecular flexibility index (Phi) is 14.9. The number of aromatic nitrogens is 4. The van der Waals surface area contributed by atoms with Gasteiger partial charge < -0.3 is 20.1 Å². The van der Waals surface area contributed by atoms with E-state index in [2.05, 4.69) is 44.4 Å². The number of aryl methyl sites for hydroxylation is 2. The Bertz CT molecular complexity index is 1570. The van der Waals surface area contributed by atoms with Crippen LogP contribution in [0, 0.1) is 0 Å². The van der Waals surface area contributed by atoms with E-state index in [1.54, 1.807) is 6.92 Å². The lowest BCUT2D eigenvalue weighted by atomic mass is 10.1. The number of rotatable bonds is 15. The van der Waals surface area contributed by atoms with Crippen LogP contribution in [0.5, 0.6) is 11.8 Å². The first kappa shape index (κ1) is 38.8. The Morgan fingerprint density at radius 1 is 0.571 bits per heavy atom. The second-order valence-corrected chi connectivity index (χ2v) is 11.0. The average molecular weight is 693 g/mol. The van der Waals surface area contributed by atoms with E-state index in [1.807, 2.05) is 55.5 Å². The quantitative estimate of drug-likeness (QED) is 0.119. The van der Waals surface area contributed by atoms with Crippen molar-refractivity contribution in [1.29, 1.82) is 0 Å². The van der Waals surface area contributed by atoms with Crippen molar-refractivity contribution in [1.82, 2.24) is 19.9 Å². The number of alkyl halides is 6. The Morgan fingerprint density at radius 2 is 0.980 bits per heavy atom. The Balaban J connectivity index is 0.000000266. The van der Waals surface area contributed by atoms with Gasteiger partial charge in [-0.25, -0.2) is 9.97 Å². The fourth-order valence-electron chi connectivity index (χ4n) is 4.33. The summed E-state index contributed by atoms with van der Waals surface area (Å²) in [6.07, 6.45) is -0.550. The zero-order chi connectivity index (χ0) is 35.9. The van der Waals surface area contributed by atoms with Crippen LogP contribution in [-0.2, 0) is 25.2 Å². The maximum absolute atomic E-state index is 13.0. The molecule has 4 aromatic rings. The van der Waals surface area contributed by atoms with Gasteiger partial charge in [-0.3, -0.25) is 0 Å². The maximum atomic E-state index is 13.0. The van der Waals surface area contributed by atoms with Gasteiger partial charge in [0.15, 0.2) is 0 Å². The molecule has 0 aliphatic rings. The summed E-state index contributed by atoms with van der Waals surface area (Å²) < 4.78 is 87.8. The number of hydrogen-bond donors (Lipinski definition) is 2. The number of ether oxygens (including phenoxy) is 2. The first-order chi connectivity index (χ1) is 23.4. The average Bonchev–Trinajstić information content (AvgIpc) is 3.06. The van der Waals surface area contributed by atoms with Gasteiger partial charge in [0.05, 0.1) is 13.2 Å². The molecule has 0 bridgehead atoms. The van der Waals surface area contributed by atoms with E-state index in [4.69, 9.17) is 9.47 Å². The third-order valence-corrected chi connectivity index (χ3v) is 6.90. The molecule has 0 aliphatic carbocycles. The lowest BCUT2D eigenvalue weighted by Gasteiger charge is -2.14. The first-order valence-electron chi connectivity index (χ1n) is 16.2. The monoisotopic (exact) mass is 692 g/mol. The third kappa shape index (κ3) is 12.7. The van der Waals surface area contributed by atoms with E-state index in [1.165, 1.54) is 11.1 Å². The second-order valence-electron chi connectivity index (χ2n) is 11.0. The second kappa shape index (κ2) is 18.8. The van der Waals surface area contributed by atoms with E-state index in [0.717, 1.165) is 50.9 Å². The van der Waals surface area contributed by atoms with Gasteiger partial charge in [-0.05, 0) is 74.4 Å². The molecular weight excluding hydrogens is 650 g/mol. The van der Waals surface area contributed by atoms with E-state index in [-0.39, 0.29) is 25.1 Å². The highest BCUT2D eigenvalue weighted by Crippen LogP contribution is 2.36. The number of hydrogen-bond acceptors (Lipinski definition) is 8. The summed E-state index contributed by atoms with van der Waals surface area (Å²) in [6, 6.07) is 15.3. The van der Waals surface area contributed by atoms with Crippen molar-refractivity contribution < 1.29 is 35.8 Å². The predicted molar refractivity (Wildman–Crippen MR) is 178 cm³/mol. The highest BCUT2D eigenvalue weighted by Gasteiger charge is 2.37. The van der Waals surface area contributed by atoms with Crippen molar-refractivity contribution in [3.63, 3.8) is 0 Å². The number of unbranched alkanes of at least 4 members (excludes halogenated alkanes) is 2. The van der Waals surface area contributed by atoms with Gasteiger partial charge >= 0.3 is 12.4 Å². The van der Waals surface area contributed by atoms with Gasteiger partial charge in [0.25, 0.3) is 0 Å². The van der Waals surface area contributed by atoms with Gasteiger partial charge in [0.2, 0.25) is 23.7 Å². The molecule has 0 saturated heterocycles. The van der Waals surface area contributed by atoms with Crippen LogP contribution in [0.2, 0.25) is 0 Å². The summed E-state index contributed by atoms with van der Waals surface area (Å²) in [6.45, 7) is 7.93. The molecule has 0 radical (unpaired) electrons. The topological polar surface area (TPSA) is 94.1 Å². The molecule has 0 unspecified atom stereocenters. The van der Waals surface area contributed by atoms with Crippen molar-refractivity contribution in [3.05, 3.63) is 83.2 Å². The Labute approximate surface area is 282 Å². The van der Waals surface area contributed by atoms with Crippen LogP contribution < -0.4 is 20.1 Å². The number of halogens is 6. The van der Waals surface area contributed by atoms with Gasteiger partial charge in [-0.2, -0.15) is 36.3 Å². The maximum Gasteiger partial charge on any atom is 0.423 e. The molecule has 0 fully saturated rings. The van der Waals surface area contributed by atoms with Crippen molar-refractivity contribution in [2.24, 2.45) is 0 Å². The first-order valence-corrected chi connectivity index (χ1v) is 16.2. The molecule has 4 rings (SSSR count). The SMILES string of the molecule is CCCCc1ccc(Nc2ncc(C(F)(F)F)c(OCC)n2)cc1.CCCCc1ccc(Nc2ncc(C(F)(F)F)c(OCCC)n2)cc1. The molecule has 2 N–H and O–H groups in total. The van der Waals surface area contributed by atoms with Crippen LogP contribution >= 0.6 is 0 Å². The summed E-state index contributed by atoms with van der Waals surface area (Å²) in [7, 11) is 0. The van der Waals surface area contributed by atoms with Crippen LogP contribution in [0.1, 0.15) is 82.1 Å². The van der Waals surface area contributed by atoms with E-state index in [9.17, 15) is 26.3 Å². The van der Waals surface area contributed by atoms with Crippen LogP contribution in [0.15, 0.2) is 60.9 Å². The van der Waals surface area contributed by atoms with Crippen molar-refractivity contribution in [2.45, 2.75) is 85.0 Å². The lowest BCUT2D eigenvalue weighted by Crippen LogP contribution is -2.12. The molecule has 0 spiro atoms. The molecule has 8 nitrogen and oxygen atoms in total. The summed E-state index contributed by atoms with van der Waals surface area (Å²) in [4.78, 5) is 15.2. The van der Waals surface area contributed by atoms with Crippen LogP contribution in [0.4, 0.5) is 49.6 Å². The van der Waals surface area contributed by atoms with Gasteiger partial charge in [0.1, 0.15) is 11.1 Å². The lowest BCUT2D eigenvalue weighted by molar-refractivity contribution is -0.140. The normalized spacial score (nSPS) is 11.4. The highest BCUT2D eigenvalue weighted by atomic mass is 19.4. The molecule has 2 aromatic heterocycles. The standard InChI is InChI=1S/C18H22F3N3O.C17H20F3N3O/c1-3-5-6-13-7-9-14(10-8-13)23-17-22-12-15(18(19,20)21)16(24-17)25-11-4-2;1-3-5-6-12-7-9-13(10-8-12)22-16-21-11-14(17(18,19)20)15(23-16)24-4-2/h7-10,12H,3-6,11H2,1-2H3,(H,22,23,24);7-11H,3-6H2,1-2H3,(H,21,22,23). The predicted octanol–water partition coefficient (Wildman–Crippen LogP) is 10.4. The fourth-order valence-corrected chi connectivity index (χ4v) is 4.33. The van der Waals surface area contributed by atoms with Crippen molar-refractivity contribution >= 4 is 23.3 Å². The van der Waals surface area contributed by atoms with E-state index in [0.29, 0.717) is 17.8 Å². The Morgan fingerprint density at radius 3 is 1.33 bits per heavy atom. The van der Waals surface area contributed by atoms with Crippen molar-refractivity contribution in [3.8, 4) is 11.8 Å². The molecule has 2 aromatic carbocycles. The molecule has 14 heteroatoms. The smallest absolute Gasteiger partial charge is 0.423 e. The van der Waals surface area contributed by atoms with Crippen LogP contribution in [0.3, 0.4) is 0 Å². The molecule has 266 valence electrons. The molecular formula is C35H42F6N6O2. The molecule has 0 saturated carbocycles. The number of nitrogens with zero attached hydrogens (tertiary/aromatic N) is 4. The number of anilines is 4. The zero-order valence-corrected chi connectivity index (χ0v) is 28.0. The fraction of sp³-hybridized carbons (Fsp3) is 0.429. The van der Waals surface area contributed by atoms with Crippen LogP contribution in [0.25, 0.3) is 0 Å². The molecule has 0 amide bonds. The minimum absolute atomic E-state index is 0.0627. The highest BCUT2D eigenvalue weighted by molar-refractivity contribution is 5.55. The van der Waals surface area contributed by atoms with Crippen molar-refractivity contribution in [2.75, 3.05) is 23.8 Å². The van der Waals surface area contributed by atoms with Gasteiger partial charge in [-0.1, -0.05) is 57.9 Å². The van der Waals surface area contributed by atoms with Gasteiger partial charge in [0, 0.05) is 23.8 Å². The number of nitrogens with one attached hydrogen (secondary N) is 2. The summed E-state index contributed by atoms with van der Waals surface area (Å²) in [5.41, 5.74) is 1.89. The van der Waals surface area contributed by atoms with E-state index >= 15 is 0 Å². The minimum Gasteiger partial charge on any atom is -0.477 e. The third-order valence-electron chi connectivity index (χ3n) is 6.90. The van der Waals surface area contributed by atoms with Gasteiger partial charge in [-0.15, -0.1) is 0 Å².